The van der Waals surface area contributed by atoms with Crippen molar-refractivity contribution in [3.8, 4) is 6.07 Å². The molecule has 1 heterocycles. The highest BCUT2D eigenvalue weighted by Gasteiger charge is 1.99. The van der Waals surface area contributed by atoms with Gasteiger partial charge < -0.3 is 0 Å². The van der Waals surface area contributed by atoms with Crippen LogP contribution in [0.1, 0.15) is 11.1 Å². The predicted molar refractivity (Wildman–Crippen MR) is 64.2 cm³/mol. The zero-order valence-electron chi connectivity index (χ0n) is 8.67. The monoisotopic (exact) mass is 206 g/mol. The van der Waals surface area contributed by atoms with E-state index >= 15 is 0 Å². The molecule has 1 aromatic heterocycles. The lowest BCUT2D eigenvalue weighted by molar-refractivity contribution is 1.32. The van der Waals surface area contributed by atoms with Crippen LogP contribution in [0.2, 0.25) is 0 Å². The van der Waals surface area contributed by atoms with Crippen molar-refractivity contribution < 1.29 is 0 Å². The van der Waals surface area contributed by atoms with Gasteiger partial charge in [0, 0.05) is 12.4 Å². The van der Waals surface area contributed by atoms with Gasteiger partial charge in [-0.1, -0.05) is 30.3 Å². The lowest BCUT2D eigenvalue weighted by atomic mass is 10.1. The number of allylic oxidation sites excluding steroid dienone is 1. The summed E-state index contributed by atoms with van der Waals surface area (Å²) in [6, 6.07) is 15.7. The van der Waals surface area contributed by atoms with Gasteiger partial charge in [0.2, 0.25) is 0 Å². The number of nitriles is 1. The maximum absolute atomic E-state index is 9.10. The molecule has 0 amide bonds. The first kappa shape index (κ1) is 10.1. The molecular formula is C14H10N2. The van der Waals surface area contributed by atoms with E-state index in [1.807, 2.05) is 48.5 Å². The summed E-state index contributed by atoms with van der Waals surface area (Å²) in [5, 5.41) is 9.10. The molecule has 2 aromatic rings. The first-order chi connectivity index (χ1) is 7.90. The molecule has 76 valence electrons. The molecule has 0 N–H and O–H groups in total. The Morgan fingerprint density at radius 3 is 2.38 bits per heavy atom. The molecule has 0 saturated carbocycles. The fourth-order valence-electron chi connectivity index (χ4n) is 1.43. The van der Waals surface area contributed by atoms with Crippen molar-refractivity contribution in [1.29, 1.82) is 5.26 Å². The van der Waals surface area contributed by atoms with Gasteiger partial charge in [0.05, 0.1) is 11.6 Å². The third kappa shape index (κ3) is 2.34. The maximum Gasteiger partial charge on any atom is 0.0998 e. The van der Waals surface area contributed by atoms with Crippen molar-refractivity contribution in [3.05, 3.63) is 66.0 Å². The highest BCUT2D eigenvalue weighted by molar-refractivity contribution is 5.89. The quantitative estimate of drug-likeness (QED) is 0.708. The van der Waals surface area contributed by atoms with Gasteiger partial charge in [-0.3, -0.25) is 4.98 Å². The van der Waals surface area contributed by atoms with Crippen LogP contribution in [0.3, 0.4) is 0 Å². The second-order valence-corrected chi connectivity index (χ2v) is 3.32. The van der Waals surface area contributed by atoms with Crippen LogP contribution in [0.5, 0.6) is 0 Å². The fourth-order valence-corrected chi connectivity index (χ4v) is 1.43. The van der Waals surface area contributed by atoms with E-state index in [-0.39, 0.29) is 0 Å². The van der Waals surface area contributed by atoms with E-state index in [0.29, 0.717) is 5.57 Å². The molecular weight excluding hydrogens is 196 g/mol. The van der Waals surface area contributed by atoms with E-state index in [2.05, 4.69) is 11.1 Å². The summed E-state index contributed by atoms with van der Waals surface area (Å²) in [6.07, 6.45) is 5.24. The fraction of sp³-hybridized carbons (Fsp3) is 0. The second-order valence-electron chi connectivity index (χ2n) is 3.32. The van der Waals surface area contributed by atoms with Gasteiger partial charge in [0.1, 0.15) is 0 Å². The third-order valence-electron chi connectivity index (χ3n) is 2.22. The first-order valence-corrected chi connectivity index (χ1v) is 4.97. The Labute approximate surface area is 94.5 Å². The van der Waals surface area contributed by atoms with Crippen molar-refractivity contribution >= 4 is 11.6 Å². The van der Waals surface area contributed by atoms with Crippen LogP contribution < -0.4 is 0 Å². The summed E-state index contributed by atoms with van der Waals surface area (Å²) in [6.45, 7) is 0. The van der Waals surface area contributed by atoms with Crippen molar-refractivity contribution in [1.82, 2.24) is 4.98 Å². The zero-order chi connectivity index (χ0) is 11.2. The maximum atomic E-state index is 9.10. The molecule has 0 atom stereocenters. The van der Waals surface area contributed by atoms with Crippen LogP contribution in [-0.2, 0) is 0 Å². The smallest absolute Gasteiger partial charge is 0.0998 e. The Morgan fingerprint density at radius 1 is 1.06 bits per heavy atom. The van der Waals surface area contributed by atoms with Crippen LogP contribution in [0.4, 0.5) is 0 Å². The first-order valence-electron chi connectivity index (χ1n) is 4.97. The van der Waals surface area contributed by atoms with E-state index in [4.69, 9.17) is 5.26 Å². The van der Waals surface area contributed by atoms with Gasteiger partial charge in [0.15, 0.2) is 0 Å². The summed E-state index contributed by atoms with van der Waals surface area (Å²) in [5.74, 6) is 0. The molecule has 2 rings (SSSR count). The molecule has 0 aliphatic heterocycles. The molecule has 0 unspecified atom stereocenters. The number of hydrogen-bond acceptors (Lipinski definition) is 2. The number of aromatic nitrogens is 1. The number of hydrogen-bond donors (Lipinski definition) is 0. The van der Waals surface area contributed by atoms with Crippen molar-refractivity contribution in [3.63, 3.8) is 0 Å². The second kappa shape index (κ2) is 4.90. The van der Waals surface area contributed by atoms with Gasteiger partial charge in [-0.15, -0.1) is 0 Å². The summed E-state index contributed by atoms with van der Waals surface area (Å²) in [5.41, 5.74) is 2.56. The normalized spacial score (nSPS) is 10.8. The van der Waals surface area contributed by atoms with Crippen LogP contribution >= 0.6 is 0 Å². The molecule has 0 bridgehead atoms. The Balaban J connectivity index is 2.39. The van der Waals surface area contributed by atoms with E-state index in [1.54, 1.807) is 12.4 Å². The SMILES string of the molecule is N#C/C(=C\c1ccccc1)c1ccncc1. The molecule has 0 spiro atoms. The van der Waals surface area contributed by atoms with Crippen LogP contribution in [0, 0.1) is 11.3 Å². The van der Waals surface area contributed by atoms with Gasteiger partial charge >= 0.3 is 0 Å². The Bertz CT molecular complexity index is 522. The summed E-state index contributed by atoms with van der Waals surface area (Å²) in [4.78, 5) is 3.93. The van der Waals surface area contributed by atoms with Crippen LogP contribution in [0.25, 0.3) is 11.6 Å². The lowest BCUT2D eigenvalue weighted by Gasteiger charge is -1.98. The molecule has 2 heteroatoms. The van der Waals surface area contributed by atoms with E-state index in [1.165, 1.54) is 0 Å². The van der Waals surface area contributed by atoms with Gasteiger partial charge in [-0.05, 0) is 29.3 Å². The highest BCUT2D eigenvalue weighted by Crippen LogP contribution is 2.16. The predicted octanol–water partition coefficient (Wildman–Crippen LogP) is 3.15. The molecule has 0 saturated heterocycles. The van der Waals surface area contributed by atoms with E-state index in [0.717, 1.165) is 11.1 Å². The van der Waals surface area contributed by atoms with Crippen LogP contribution in [0.15, 0.2) is 54.9 Å². The van der Waals surface area contributed by atoms with E-state index in [9.17, 15) is 0 Å². The topological polar surface area (TPSA) is 36.7 Å². The summed E-state index contributed by atoms with van der Waals surface area (Å²) < 4.78 is 0. The van der Waals surface area contributed by atoms with Crippen molar-refractivity contribution in [2.24, 2.45) is 0 Å². The lowest BCUT2D eigenvalue weighted by Crippen LogP contribution is -1.82. The van der Waals surface area contributed by atoms with Crippen molar-refractivity contribution in [2.75, 3.05) is 0 Å². The number of nitrogens with zero attached hydrogens (tertiary/aromatic N) is 2. The van der Waals surface area contributed by atoms with E-state index < -0.39 is 0 Å². The largest absolute Gasteiger partial charge is 0.265 e. The summed E-state index contributed by atoms with van der Waals surface area (Å²) >= 11 is 0. The molecule has 1 aromatic carbocycles. The highest BCUT2D eigenvalue weighted by atomic mass is 14.6. The Hall–Kier alpha value is -2.40. The minimum atomic E-state index is 0.647. The van der Waals surface area contributed by atoms with Gasteiger partial charge in [-0.25, -0.2) is 0 Å². The Morgan fingerprint density at radius 2 is 1.75 bits per heavy atom. The van der Waals surface area contributed by atoms with Crippen LogP contribution in [-0.4, -0.2) is 4.98 Å². The molecule has 2 nitrogen and oxygen atoms in total. The molecule has 0 aliphatic carbocycles. The molecule has 0 radical (unpaired) electrons. The minimum absolute atomic E-state index is 0.647. The average molecular weight is 206 g/mol. The molecule has 16 heavy (non-hydrogen) atoms. The molecule has 0 aliphatic rings. The standard InChI is InChI=1S/C14H10N2/c15-11-14(13-6-8-16-9-7-13)10-12-4-2-1-3-5-12/h1-10H/b14-10+. The Kier molecular flexibility index (Phi) is 3.10. The zero-order valence-corrected chi connectivity index (χ0v) is 8.67. The minimum Gasteiger partial charge on any atom is -0.265 e. The summed E-state index contributed by atoms with van der Waals surface area (Å²) in [7, 11) is 0. The number of rotatable bonds is 2. The average Bonchev–Trinajstić information content (AvgIpc) is 2.38. The molecule has 0 fully saturated rings. The number of pyridine rings is 1. The van der Waals surface area contributed by atoms with Gasteiger partial charge in [0.25, 0.3) is 0 Å². The third-order valence-corrected chi connectivity index (χ3v) is 2.22. The number of benzene rings is 1. The van der Waals surface area contributed by atoms with Crippen molar-refractivity contribution in [2.45, 2.75) is 0 Å². The van der Waals surface area contributed by atoms with Gasteiger partial charge in [-0.2, -0.15) is 5.26 Å².